The van der Waals surface area contributed by atoms with Gasteiger partial charge in [0, 0.05) is 45.8 Å². The number of nitrogens with two attached hydrogens (primary N) is 1. The molecular formula is C47H51N3. The number of nitrogen functional groups attached to an aromatic ring is 1. The van der Waals surface area contributed by atoms with Crippen molar-refractivity contribution in [3.8, 4) is 0 Å². The van der Waals surface area contributed by atoms with E-state index in [0.717, 1.165) is 23.5 Å². The lowest BCUT2D eigenvalue weighted by Crippen LogP contribution is -2.44. The van der Waals surface area contributed by atoms with Gasteiger partial charge in [0.25, 0.3) is 0 Å². The van der Waals surface area contributed by atoms with E-state index in [0.29, 0.717) is 0 Å². The molecule has 3 nitrogen and oxygen atoms in total. The van der Waals surface area contributed by atoms with Gasteiger partial charge in [-0.15, -0.1) is 0 Å². The highest BCUT2D eigenvalue weighted by molar-refractivity contribution is 5.86. The Morgan fingerprint density at radius 1 is 0.920 bits per heavy atom. The van der Waals surface area contributed by atoms with Crippen LogP contribution < -0.4 is 16.4 Å². The van der Waals surface area contributed by atoms with E-state index < -0.39 is 0 Å². The van der Waals surface area contributed by atoms with E-state index >= 15 is 0 Å². The number of benzene rings is 4. The summed E-state index contributed by atoms with van der Waals surface area (Å²) in [5, 5.41) is 10.7. The summed E-state index contributed by atoms with van der Waals surface area (Å²) in [5.74, 6) is 0.127. The predicted molar refractivity (Wildman–Crippen MR) is 215 cm³/mol. The number of hydrogen-bond donors (Lipinski definition) is 3. The van der Waals surface area contributed by atoms with Crippen molar-refractivity contribution in [1.29, 1.82) is 0 Å². The minimum atomic E-state index is -0.326. The van der Waals surface area contributed by atoms with Crippen LogP contribution in [0.3, 0.4) is 0 Å². The summed E-state index contributed by atoms with van der Waals surface area (Å²) in [5.41, 5.74) is 18.9. The Bertz CT molecular complexity index is 2170. The van der Waals surface area contributed by atoms with Crippen LogP contribution in [0.25, 0.3) is 16.8 Å². The molecule has 5 bridgehead atoms. The molecule has 1 aliphatic heterocycles. The molecule has 0 spiro atoms. The van der Waals surface area contributed by atoms with Gasteiger partial charge < -0.3 is 16.4 Å². The topological polar surface area (TPSA) is 50.1 Å². The fourth-order valence-corrected chi connectivity index (χ4v) is 8.51. The van der Waals surface area contributed by atoms with Crippen LogP contribution in [-0.2, 0) is 10.8 Å². The number of para-hydroxylation sites is 1. The van der Waals surface area contributed by atoms with Crippen LogP contribution in [0.4, 0.5) is 11.4 Å². The summed E-state index contributed by atoms with van der Waals surface area (Å²) in [6.45, 7) is 21.7. The van der Waals surface area contributed by atoms with E-state index in [4.69, 9.17) is 5.73 Å². The Morgan fingerprint density at radius 2 is 1.66 bits per heavy atom. The number of hydrogen-bond acceptors (Lipinski definition) is 3. The fraction of sp³-hybridized carbons (Fsp3) is 0.277. The normalized spacial score (nSPS) is 24.5. The maximum absolute atomic E-state index is 6.37. The first-order chi connectivity index (χ1) is 23.9. The van der Waals surface area contributed by atoms with Gasteiger partial charge in [-0.1, -0.05) is 157 Å². The van der Waals surface area contributed by atoms with Gasteiger partial charge in [-0.25, -0.2) is 0 Å². The predicted octanol–water partition coefficient (Wildman–Crippen LogP) is 11.4. The molecular weight excluding hydrogens is 607 g/mol. The first-order valence-corrected chi connectivity index (χ1v) is 18.0. The van der Waals surface area contributed by atoms with Gasteiger partial charge >= 0.3 is 0 Å². The fourth-order valence-electron chi connectivity index (χ4n) is 8.51. The molecule has 3 heteroatoms. The second-order valence-corrected chi connectivity index (χ2v) is 15.7. The maximum Gasteiger partial charge on any atom is 0.0920 e. The molecule has 50 heavy (non-hydrogen) atoms. The molecule has 254 valence electrons. The summed E-state index contributed by atoms with van der Waals surface area (Å²) < 4.78 is 0. The molecule has 4 aromatic rings. The van der Waals surface area contributed by atoms with Crippen molar-refractivity contribution in [2.75, 3.05) is 17.6 Å². The molecule has 0 saturated carbocycles. The molecule has 3 atom stereocenters. The summed E-state index contributed by atoms with van der Waals surface area (Å²) in [7, 11) is 0. The Kier molecular flexibility index (Phi) is 8.29. The molecule has 3 unspecified atom stereocenters. The third-order valence-electron chi connectivity index (χ3n) is 12.3. The third kappa shape index (κ3) is 5.35. The SMILES string of the molecule is C=C/C(=C\C1=C2NC/C3=C\C=C/C(C)(c4c(cccc4C3(C)C)C2Nc2ccc3ccccc3c2)C1(C)C)C(C)C(C)=Cc1ccccc1N. The van der Waals surface area contributed by atoms with Crippen molar-refractivity contribution in [3.05, 3.63) is 172 Å². The summed E-state index contributed by atoms with van der Waals surface area (Å²) >= 11 is 0. The Morgan fingerprint density at radius 3 is 2.42 bits per heavy atom. The number of fused-ring (bicyclic) bond motifs is 3. The van der Waals surface area contributed by atoms with Crippen LogP contribution in [0.15, 0.2) is 150 Å². The first kappa shape index (κ1) is 33.5. The number of rotatable bonds is 7. The number of allylic oxidation sites excluding steroid dienone is 8. The Balaban J connectivity index is 1.49. The van der Waals surface area contributed by atoms with Crippen molar-refractivity contribution in [1.82, 2.24) is 5.32 Å². The van der Waals surface area contributed by atoms with Crippen LogP contribution in [0.1, 0.15) is 76.8 Å². The molecule has 4 N–H and O–H groups in total. The van der Waals surface area contributed by atoms with Gasteiger partial charge in [0.2, 0.25) is 0 Å². The van der Waals surface area contributed by atoms with Crippen molar-refractivity contribution >= 4 is 28.2 Å². The second-order valence-electron chi connectivity index (χ2n) is 15.7. The van der Waals surface area contributed by atoms with Crippen LogP contribution in [-0.4, -0.2) is 6.54 Å². The van der Waals surface area contributed by atoms with Crippen molar-refractivity contribution in [3.63, 3.8) is 0 Å². The van der Waals surface area contributed by atoms with Crippen molar-refractivity contribution in [2.45, 2.75) is 65.3 Å². The van der Waals surface area contributed by atoms with E-state index in [1.807, 2.05) is 24.3 Å². The van der Waals surface area contributed by atoms with E-state index in [1.165, 1.54) is 55.5 Å². The molecule has 0 saturated heterocycles. The zero-order valence-corrected chi connectivity index (χ0v) is 30.7. The molecule has 4 aromatic carbocycles. The highest BCUT2D eigenvalue weighted by atomic mass is 15.0. The summed E-state index contributed by atoms with van der Waals surface area (Å²) in [6, 6.07) is 30.3. The summed E-state index contributed by atoms with van der Waals surface area (Å²) in [4.78, 5) is 0. The molecule has 2 aliphatic carbocycles. The zero-order chi connectivity index (χ0) is 35.4. The smallest absolute Gasteiger partial charge is 0.0920 e. The van der Waals surface area contributed by atoms with E-state index in [1.54, 1.807) is 0 Å². The van der Waals surface area contributed by atoms with Crippen LogP contribution in [0.2, 0.25) is 0 Å². The standard InChI is InChI=1S/C47H51N3/c1-9-32(31(3)30(2)26-35-18-12-13-22-41(35)48)28-40-44-43(50-37-24-23-33-16-10-11-17-34(33)27-37)38-20-14-21-39-42(38)47(8,46(40,6)7)25-15-19-36(29-49-44)45(39,4)5/h9-28,31,43,49-50H,1,29,48H2,2-8H3/b25-15-,30-26?,32-28+,36-19+. The van der Waals surface area contributed by atoms with E-state index in [2.05, 4.69) is 163 Å². The van der Waals surface area contributed by atoms with Crippen LogP contribution in [0, 0.1) is 11.3 Å². The molecule has 0 fully saturated rings. The molecule has 3 aliphatic rings. The third-order valence-corrected chi connectivity index (χ3v) is 12.3. The molecule has 0 aromatic heterocycles. The molecule has 0 radical (unpaired) electrons. The van der Waals surface area contributed by atoms with Crippen LogP contribution >= 0.6 is 0 Å². The highest BCUT2D eigenvalue weighted by Gasteiger charge is 2.52. The first-order valence-electron chi connectivity index (χ1n) is 18.0. The van der Waals surface area contributed by atoms with E-state index in [9.17, 15) is 0 Å². The van der Waals surface area contributed by atoms with Gasteiger partial charge in [0.15, 0.2) is 0 Å². The Hall–Kier alpha value is -5.02. The lowest BCUT2D eigenvalue weighted by molar-refractivity contribution is 0.283. The molecule has 0 amide bonds. The zero-order valence-electron chi connectivity index (χ0n) is 30.7. The second kappa shape index (κ2) is 12.4. The van der Waals surface area contributed by atoms with Crippen molar-refractivity contribution < 1.29 is 0 Å². The highest BCUT2D eigenvalue weighted by Crippen LogP contribution is 2.58. The maximum atomic E-state index is 6.37. The molecule has 7 rings (SSSR count). The number of anilines is 2. The summed E-state index contributed by atoms with van der Waals surface area (Å²) in [6.07, 6.45) is 13.9. The van der Waals surface area contributed by atoms with Crippen LogP contribution in [0.5, 0.6) is 0 Å². The average molecular weight is 658 g/mol. The minimum Gasteiger partial charge on any atom is -0.398 e. The quantitative estimate of drug-likeness (QED) is 0.137. The van der Waals surface area contributed by atoms with Crippen molar-refractivity contribution in [2.24, 2.45) is 11.3 Å². The van der Waals surface area contributed by atoms with Gasteiger partial charge in [-0.05, 0) is 74.9 Å². The minimum absolute atomic E-state index is 0.109. The largest absolute Gasteiger partial charge is 0.398 e. The monoisotopic (exact) mass is 657 g/mol. The van der Waals surface area contributed by atoms with Gasteiger partial charge in [0.05, 0.1) is 6.04 Å². The van der Waals surface area contributed by atoms with Gasteiger partial charge in [-0.2, -0.15) is 0 Å². The Labute approximate surface area is 299 Å². The molecule has 1 heterocycles. The number of nitrogens with one attached hydrogen (secondary N) is 2. The van der Waals surface area contributed by atoms with Gasteiger partial charge in [-0.3, -0.25) is 0 Å². The van der Waals surface area contributed by atoms with E-state index in [-0.39, 0.29) is 28.2 Å². The average Bonchev–Trinajstić information content (AvgIpc) is 3.15. The lowest BCUT2D eigenvalue weighted by Gasteiger charge is -2.48. The lowest BCUT2D eigenvalue weighted by atomic mass is 9.55. The van der Waals surface area contributed by atoms with Gasteiger partial charge in [0.1, 0.15) is 0 Å².